The van der Waals surface area contributed by atoms with Gasteiger partial charge in [0.25, 0.3) is 0 Å². The highest BCUT2D eigenvalue weighted by Crippen LogP contribution is 2.55. The van der Waals surface area contributed by atoms with Gasteiger partial charge in [0.1, 0.15) is 5.75 Å². The molecule has 1 aliphatic rings. The lowest BCUT2D eigenvalue weighted by Gasteiger charge is -2.33. The fourth-order valence-electron chi connectivity index (χ4n) is 4.91. The predicted octanol–water partition coefficient (Wildman–Crippen LogP) is 6.47. The highest BCUT2D eigenvalue weighted by molar-refractivity contribution is 5.86. The van der Waals surface area contributed by atoms with Crippen molar-refractivity contribution in [2.75, 3.05) is 20.3 Å². The maximum absolute atomic E-state index is 5.92. The van der Waals surface area contributed by atoms with E-state index in [2.05, 4.69) is 103 Å². The molecule has 31 heavy (non-hydrogen) atoms. The topological polar surface area (TPSA) is 18.5 Å². The van der Waals surface area contributed by atoms with Gasteiger partial charge in [0, 0.05) is 20.1 Å². The van der Waals surface area contributed by atoms with Gasteiger partial charge in [-0.05, 0) is 45.5 Å². The molecule has 2 nitrogen and oxygen atoms in total. The maximum Gasteiger partial charge on any atom is 0.119 e. The zero-order valence-electron chi connectivity index (χ0n) is 17.8. The smallest absolute Gasteiger partial charge is 0.119 e. The zero-order valence-corrected chi connectivity index (χ0v) is 17.8. The van der Waals surface area contributed by atoms with Crippen molar-refractivity contribution in [3.63, 3.8) is 0 Å². The number of rotatable bonds is 7. The van der Waals surface area contributed by atoms with Crippen LogP contribution >= 0.6 is 0 Å². The molecule has 0 amide bonds. The Morgan fingerprint density at radius 3 is 1.74 bits per heavy atom. The molecule has 1 aliphatic carbocycles. The van der Waals surface area contributed by atoms with Gasteiger partial charge >= 0.3 is 0 Å². The summed E-state index contributed by atoms with van der Waals surface area (Å²) in [5, 5.41) is 0. The Hall–Kier alpha value is -3.36. The minimum Gasteiger partial charge on any atom is -0.494 e. The highest BCUT2D eigenvalue weighted by Gasteiger charge is 2.45. The number of hydrogen-bond acceptors (Lipinski definition) is 2. The molecule has 0 atom stereocenters. The van der Waals surface area contributed by atoms with E-state index >= 15 is 0 Å². The molecule has 0 heterocycles. The zero-order chi connectivity index (χ0) is 21.1. The standard InChI is InChI=1S/C29H26O2/c1-30-20-9-21-31-24-18-16-23(17-19-24)29(22-10-3-2-4-11-22)27-14-7-5-12-25(27)26-13-6-8-15-28(26)29/h2-8,10-19H,9,20-21H2,1H3. The summed E-state index contributed by atoms with van der Waals surface area (Å²) in [5.41, 5.74) is 7.46. The number of hydrogen-bond donors (Lipinski definition) is 0. The molecular formula is C29H26O2. The summed E-state index contributed by atoms with van der Waals surface area (Å²) < 4.78 is 11.0. The summed E-state index contributed by atoms with van der Waals surface area (Å²) in [5.74, 6) is 0.891. The fraction of sp³-hybridized carbons (Fsp3) is 0.172. The van der Waals surface area contributed by atoms with Crippen LogP contribution in [0.4, 0.5) is 0 Å². The third-order valence-corrected chi connectivity index (χ3v) is 6.21. The Morgan fingerprint density at radius 1 is 0.581 bits per heavy atom. The SMILES string of the molecule is COCCCOc1ccc(C2(c3ccccc3)c3ccccc3-c3ccccc32)cc1. The highest BCUT2D eigenvalue weighted by atomic mass is 16.5. The summed E-state index contributed by atoms with van der Waals surface area (Å²) in [6.07, 6.45) is 0.882. The Labute approximate surface area is 184 Å². The average molecular weight is 407 g/mol. The van der Waals surface area contributed by atoms with Gasteiger partial charge in [0.15, 0.2) is 0 Å². The summed E-state index contributed by atoms with van der Waals surface area (Å²) in [6, 6.07) is 37.1. The van der Waals surface area contributed by atoms with E-state index in [1.54, 1.807) is 7.11 Å². The lowest BCUT2D eigenvalue weighted by atomic mass is 9.68. The maximum atomic E-state index is 5.92. The number of methoxy groups -OCH3 is 1. The molecule has 0 radical (unpaired) electrons. The third kappa shape index (κ3) is 3.24. The number of fused-ring (bicyclic) bond motifs is 3. The van der Waals surface area contributed by atoms with Crippen LogP contribution in [0.15, 0.2) is 103 Å². The van der Waals surface area contributed by atoms with Crippen LogP contribution in [-0.2, 0) is 10.2 Å². The van der Waals surface area contributed by atoms with Crippen LogP contribution in [0.3, 0.4) is 0 Å². The first-order valence-electron chi connectivity index (χ1n) is 10.8. The van der Waals surface area contributed by atoms with Crippen LogP contribution in [0.5, 0.6) is 5.75 Å². The van der Waals surface area contributed by atoms with Crippen molar-refractivity contribution < 1.29 is 9.47 Å². The molecule has 0 unspecified atom stereocenters. The Balaban J connectivity index is 1.67. The van der Waals surface area contributed by atoms with E-state index < -0.39 is 0 Å². The van der Waals surface area contributed by atoms with Crippen LogP contribution in [0.1, 0.15) is 28.7 Å². The molecule has 4 aromatic carbocycles. The molecule has 0 spiro atoms. The minimum absolute atomic E-state index is 0.344. The summed E-state index contributed by atoms with van der Waals surface area (Å²) in [4.78, 5) is 0. The van der Waals surface area contributed by atoms with Crippen molar-refractivity contribution in [3.05, 3.63) is 125 Å². The van der Waals surface area contributed by atoms with Crippen molar-refractivity contribution >= 4 is 0 Å². The van der Waals surface area contributed by atoms with Gasteiger partial charge < -0.3 is 9.47 Å². The minimum atomic E-state index is -0.344. The summed E-state index contributed by atoms with van der Waals surface area (Å²) in [7, 11) is 1.72. The predicted molar refractivity (Wildman–Crippen MR) is 126 cm³/mol. The van der Waals surface area contributed by atoms with Crippen LogP contribution < -0.4 is 4.74 Å². The molecule has 0 fully saturated rings. The quantitative estimate of drug-likeness (QED) is 0.289. The van der Waals surface area contributed by atoms with E-state index in [4.69, 9.17) is 9.47 Å². The monoisotopic (exact) mass is 406 g/mol. The van der Waals surface area contributed by atoms with Crippen LogP contribution in [0.25, 0.3) is 11.1 Å². The van der Waals surface area contributed by atoms with Crippen molar-refractivity contribution in [2.24, 2.45) is 0 Å². The Morgan fingerprint density at radius 2 is 1.13 bits per heavy atom. The number of ether oxygens (including phenoxy) is 2. The van der Waals surface area contributed by atoms with Crippen molar-refractivity contribution in [1.82, 2.24) is 0 Å². The molecule has 154 valence electrons. The summed E-state index contributed by atoms with van der Waals surface area (Å²) in [6.45, 7) is 1.37. The molecule has 0 aliphatic heterocycles. The fourth-order valence-corrected chi connectivity index (χ4v) is 4.91. The van der Waals surface area contributed by atoms with E-state index in [0.29, 0.717) is 13.2 Å². The van der Waals surface area contributed by atoms with Crippen LogP contribution in [0, 0.1) is 0 Å². The van der Waals surface area contributed by atoms with Crippen molar-refractivity contribution in [3.8, 4) is 16.9 Å². The van der Waals surface area contributed by atoms with E-state index in [-0.39, 0.29) is 5.41 Å². The molecule has 0 saturated carbocycles. The van der Waals surface area contributed by atoms with Crippen molar-refractivity contribution in [1.29, 1.82) is 0 Å². The molecule has 0 N–H and O–H groups in total. The third-order valence-electron chi connectivity index (χ3n) is 6.21. The van der Waals surface area contributed by atoms with Gasteiger partial charge in [-0.3, -0.25) is 0 Å². The average Bonchev–Trinajstić information content (AvgIpc) is 3.14. The number of benzene rings is 4. The molecule has 5 rings (SSSR count). The van der Waals surface area contributed by atoms with Gasteiger partial charge in [-0.1, -0.05) is 91.0 Å². The van der Waals surface area contributed by atoms with E-state index in [1.165, 1.54) is 33.4 Å². The molecule has 0 saturated heterocycles. The Kier molecular flexibility index (Phi) is 5.31. The molecule has 0 aromatic heterocycles. The van der Waals surface area contributed by atoms with Gasteiger partial charge in [-0.25, -0.2) is 0 Å². The second-order valence-electron chi connectivity index (χ2n) is 7.93. The lowest BCUT2D eigenvalue weighted by Crippen LogP contribution is -2.28. The Bertz CT molecular complexity index is 1120. The molecule has 0 bridgehead atoms. The lowest BCUT2D eigenvalue weighted by molar-refractivity contribution is 0.172. The van der Waals surface area contributed by atoms with E-state index in [0.717, 1.165) is 12.2 Å². The first-order valence-corrected chi connectivity index (χ1v) is 10.8. The second-order valence-corrected chi connectivity index (χ2v) is 7.93. The van der Waals surface area contributed by atoms with E-state index in [1.807, 2.05) is 0 Å². The van der Waals surface area contributed by atoms with Gasteiger partial charge in [0.05, 0.1) is 12.0 Å². The normalized spacial score (nSPS) is 13.5. The van der Waals surface area contributed by atoms with Gasteiger partial charge in [-0.15, -0.1) is 0 Å². The van der Waals surface area contributed by atoms with Crippen LogP contribution in [0.2, 0.25) is 0 Å². The summed E-state index contributed by atoms with van der Waals surface area (Å²) >= 11 is 0. The second kappa shape index (κ2) is 8.41. The van der Waals surface area contributed by atoms with E-state index in [9.17, 15) is 0 Å². The largest absolute Gasteiger partial charge is 0.494 e. The molecular weight excluding hydrogens is 380 g/mol. The first kappa shape index (κ1) is 19.6. The molecule has 2 heteroatoms. The van der Waals surface area contributed by atoms with Crippen LogP contribution in [-0.4, -0.2) is 20.3 Å². The molecule has 4 aromatic rings. The van der Waals surface area contributed by atoms with Gasteiger partial charge in [-0.2, -0.15) is 0 Å². The first-order chi connectivity index (χ1) is 15.4. The van der Waals surface area contributed by atoms with Crippen molar-refractivity contribution in [2.45, 2.75) is 11.8 Å². The van der Waals surface area contributed by atoms with Gasteiger partial charge in [0.2, 0.25) is 0 Å².